The van der Waals surface area contributed by atoms with Crippen molar-refractivity contribution in [2.24, 2.45) is 0 Å². The van der Waals surface area contributed by atoms with E-state index >= 15 is 0 Å². The van der Waals surface area contributed by atoms with E-state index in [0.717, 1.165) is 16.9 Å². The van der Waals surface area contributed by atoms with Crippen LogP contribution in [0.4, 0.5) is 0 Å². The zero-order valence-corrected chi connectivity index (χ0v) is 20.2. The number of pyridine rings is 1. The number of hydrogen-bond donors (Lipinski definition) is 1. The summed E-state index contributed by atoms with van der Waals surface area (Å²) >= 11 is 0. The molecule has 0 aliphatic carbocycles. The Kier molecular flexibility index (Phi) is 6.10. The molecule has 0 saturated carbocycles. The Balaban J connectivity index is 1.69. The number of aromatic nitrogens is 1. The van der Waals surface area contributed by atoms with Gasteiger partial charge in [0.1, 0.15) is 17.6 Å². The molecule has 184 valence electrons. The lowest BCUT2D eigenvalue weighted by Gasteiger charge is -2.27. The van der Waals surface area contributed by atoms with Gasteiger partial charge in [0.15, 0.2) is 11.5 Å². The van der Waals surface area contributed by atoms with Crippen LogP contribution in [0.1, 0.15) is 35.2 Å². The van der Waals surface area contributed by atoms with E-state index in [1.807, 2.05) is 13.0 Å². The van der Waals surface area contributed by atoms with Crippen LogP contribution < -0.4 is 14.2 Å². The predicted octanol–water partition coefficient (Wildman–Crippen LogP) is 4.04. The van der Waals surface area contributed by atoms with Gasteiger partial charge in [0, 0.05) is 36.5 Å². The highest BCUT2D eigenvalue weighted by Crippen LogP contribution is 2.46. The van der Waals surface area contributed by atoms with E-state index in [9.17, 15) is 14.7 Å². The van der Waals surface area contributed by atoms with Crippen LogP contribution in [0.2, 0.25) is 0 Å². The molecular formula is C28H26N2O6. The van der Waals surface area contributed by atoms with E-state index in [2.05, 4.69) is 4.98 Å². The molecule has 2 atom stereocenters. The van der Waals surface area contributed by atoms with Crippen molar-refractivity contribution in [3.63, 3.8) is 0 Å². The smallest absolute Gasteiger partial charge is 0.295 e. The number of carbonyl (C=O) groups excluding carboxylic acids is 2. The summed E-state index contributed by atoms with van der Waals surface area (Å²) < 4.78 is 16.9. The van der Waals surface area contributed by atoms with E-state index in [4.69, 9.17) is 14.2 Å². The molecule has 2 unspecified atom stereocenters. The minimum atomic E-state index is -0.897. The summed E-state index contributed by atoms with van der Waals surface area (Å²) in [6.07, 6.45) is 3.98. The van der Waals surface area contributed by atoms with Crippen molar-refractivity contribution >= 4 is 17.4 Å². The number of methoxy groups -OCH3 is 2. The van der Waals surface area contributed by atoms with Gasteiger partial charge in [-0.25, -0.2) is 0 Å². The zero-order chi connectivity index (χ0) is 25.4. The molecule has 8 nitrogen and oxygen atoms in total. The molecule has 1 aromatic heterocycles. The highest BCUT2D eigenvalue weighted by Gasteiger charge is 2.47. The van der Waals surface area contributed by atoms with Crippen molar-refractivity contribution in [3.8, 4) is 17.2 Å². The Morgan fingerprint density at radius 1 is 1.11 bits per heavy atom. The van der Waals surface area contributed by atoms with Gasteiger partial charge in [0.25, 0.3) is 11.7 Å². The third-order valence-electron chi connectivity index (χ3n) is 6.54. The van der Waals surface area contributed by atoms with E-state index in [-0.39, 0.29) is 24.0 Å². The van der Waals surface area contributed by atoms with Gasteiger partial charge in [-0.1, -0.05) is 12.1 Å². The summed E-state index contributed by atoms with van der Waals surface area (Å²) in [4.78, 5) is 32.2. The second kappa shape index (κ2) is 9.37. The molecule has 1 amide bonds. The number of fused-ring (bicyclic) bond motifs is 1. The number of likely N-dealkylation sites (tertiary alicyclic amines) is 1. The van der Waals surface area contributed by atoms with Crippen molar-refractivity contribution in [3.05, 3.63) is 88.8 Å². The Labute approximate surface area is 208 Å². The van der Waals surface area contributed by atoms with Gasteiger partial charge in [0.2, 0.25) is 0 Å². The minimum absolute atomic E-state index is 0.00692. The number of aliphatic hydroxyl groups excluding tert-OH is 1. The van der Waals surface area contributed by atoms with Crippen molar-refractivity contribution in [1.29, 1.82) is 0 Å². The molecule has 8 heteroatoms. The number of Topliss-reactive ketones (excluding diaryl/α,β-unsaturated/α-hetero) is 1. The summed E-state index contributed by atoms with van der Waals surface area (Å²) in [6, 6.07) is 13.2. The van der Waals surface area contributed by atoms with Crippen LogP contribution in [-0.2, 0) is 22.6 Å². The number of ketones is 1. The minimum Gasteiger partial charge on any atom is -0.507 e. The fourth-order valence-electron chi connectivity index (χ4n) is 4.90. The summed E-state index contributed by atoms with van der Waals surface area (Å²) in [5.41, 5.74) is 2.70. The fourth-order valence-corrected chi connectivity index (χ4v) is 4.90. The number of ether oxygens (including phenoxy) is 3. The number of amides is 1. The summed E-state index contributed by atoms with van der Waals surface area (Å²) in [5.74, 6) is -0.129. The van der Waals surface area contributed by atoms with Crippen LogP contribution in [0.3, 0.4) is 0 Å². The molecule has 1 fully saturated rings. The van der Waals surface area contributed by atoms with Crippen LogP contribution in [-0.4, -0.2) is 47.0 Å². The maximum absolute atomic E-state index is 13.4. The molecule has 0 spiro atoms. The monoisotopic (exact) mass is 486 g/mol. The van der Waals surface area contributed by atoms with Crippen LogP contribution >= 0.6 is 0 Å². The van der Waals surface area contributed by atoms with Crippen molar-refractivity contribution < 1.29 is 28.9 Å². The van der Waals surface area contributed by atoms with Gasteiger partial charge in [-0.15, -0.1) is 0 Å². The third kappa shape index (κ3) is 3.94. The summed E-state index contributed by atoms with van der Waals surface area (Å²) in [7, 11) is 3.02. The van der Waals surface area contributed by atoms with Gasteiger partial charge in [0.05, 0.1) is 25.8 Å². The predicted molar refractivity (Wildman–Crippen MR) is 132 cm³/mol. The maximum Gasteiger partial charge on any atom is 0.295 e. The van der Waals surface area contributed by atoms with E-state index < -0.39 is 17.7 Å². The lowest BCUT2D eigenvalue weighted by molar-refractivity contribution is -0.140. The second-order valence-corrected chi connectivity index (χ2v) is 8.82. The van der Waals surface area contributed by atoms with Crippen LogP contribution in [0.15, 0.2) is 66.5 Å². The van der Waals surface area contributed by atoms with Crippen molar-refractivity contribution in [1.82, 2.24) is 9.88 Å². The largest absolute Gasteiger partial charge is 0.507 e. The molecule has 2 aliphatic heterocycles. The average Bonchev–Trinajstić information content (AvgIpc) is 3.39. The van der Waals surface area contributed by atoms with Gasteiger partial charge < -0.3 is 24.2 Å². The standard InChI is InChI=1S/C28H26N2O6/c1-16-13-19-14-18(7-8-21(19)36-16)25(31)23-24(20-5-4-6-22(34-2)27(20)35-3)30(28(33)26(23)32)15-17-9-11-29-12-10-17/h4-12,14,16,24,31H,13,15H2,1-3H3. The van der Waals surface area contributed by atoms with E-state index in [1.54, 1.807) is 54.9 Å². The zero-order valence-electron chi connectivity index (χ0n) is 20.2. The Morgan fingerprint density at radius 3 is 2.61 bits per heavy atom. The van der Waals surface area contributed by atoms with Crippen LogP contribution in [0, 0.1) is 0 Å². The van der Waals surface area contributed by atoms with Gasteiger partial charge in [-0.05, 0) is 54.4 Å². The maximum atomic E-state index is 13.4. The highest BCUT2D eigenvalue weighted by molar-refractivity contribution is 6.46. The summed E-state index contributed by atoms with van der Waals surface area (Å²) in [5, 5.41) is 11.5. The number of para-hydroxylation sites is 1. The van der Waals surface area contributed by atoms with E-state index in [0.29, 0.717) is 29.0 Å². The van der Waals surface area contributed by atoms with Crippen molar-refractivity contribution in [2.45, 2.75) is 32.0 Å². The first-order chi connectivity index (χ1) is 17.4. The Bertz CT molecular complexity index is 1370. The topological polar surface area (TPSA) is 98.2 Å². The molecule has 1 N–H and O–H groups in total. The quantitative estimate of drug-likeness (QED) is 0.319. The number of nitrogens with zero attached hydrogens (tertiary/aromatic N) is 2. The molecule has 1 saturated heterocycles. The number of rotatable bonds is 6. The fraction of sp³-hybridized carbons (Fsp3) is 0.250. The molecule has 2 aliphatic rings. The summed E-state index contributed by atoms with van der Waals surface area (Å²) in [6.45, 7) is 2.11. The Hall–Kier alpha value is -4.33. The van der Waals surface area contributed by atoms with Gasteiger partial charge >= 0.3 is 0 Å². The average molecular weight is 487 g/mol. The molecule has 0 radical (unpaired) electrons. The molecule has 36 heavy (non-hydrogen) atoms. The first-order valence-electron chi connectivity index (χ1n) is 11.6. The third-order valence-corrected chi connectivity index (χ3v) is 6.54. The number of benzene rings is 2. The lowest BCUT2D eigenvalue weighted by Crippen LogP contribution is -2.29. The molecule has 3 heterocycles. The van der Waals surface area contributed by atoms with Crippen LogP contribution in [0.5, 0.6) is 17.2 Å². The van der Waals surface area contributed by atoms with E-state index in [1.165, 1.54) is 19.1 Å². The first-order valence-corrected chi connectivity index (χ1v) is 11.6. The molecule has 5 rings (SSSR count). The molecule has 2 aromatic carbocycles. The Morgan fingerprint density at radius 2 is 1.89 bits per heavy atom. The SMILES string of the molecule is COc1cccc(C2C(=C(O)c3ccc4c(c3)CC(C)O4)C(=O)C(=O)N2Cc2ccncc2)c1OC. The van der Waals surface area contributed by atoms with Crippen molar-refractivity contribution in [2.75, 3.05) is 14.2 Å². The highest BCUT2D eigenvalue weighted by atomic mass is 16.5. The molecular weight excluding hydrogens is 460 g/mol. The first kappa shape index (κ1) is 23.4. The van der Waals surface area contributed by atoms with Gasteiger partial charge in [-0.3, -0.25) is 14.6 Å². The number of aliphatic hydroxyl groups is 1. The van der Waals surface area contributed by atoms with Crippen LogP contribution in [0.25, 0.3) is 5.76 Å². The van der Waals surface area contributed by atoms with Gasteiger partial charge in [-0.2, -0.15) is 0 Å². The second-order valence-electron chi connectivity index (χ2n) is 8.82. The molecule has 0 bridgehead atoms. The lowest BCUT2D eigenvalue weighted by atomic mass is 9.93. The number of carbonyl (C=O) groups is 2. The normalized spacial score (nSPS) is 20.2. The molecule has 3 aromatic rings. The number of hydrogen-bond acceptors (Lipinski definition) is 7.